The van der Waals surface area contributed by atoms with Crippen LogP contribution in [0.3, 0.4) is 0 Å². The van der Waals surface area contributed by atoms with E-state index in [0.29, 0.717) is 13.0 Å². The van der Waals surface area contributed by atoms with Crippen molar-refractivity contribution in [2.24, 2.45) is 0 Å². The summed E-state index contributed by atoms with van der Waals surface area (Å²) in [6.45, 7) is 2.66. The predicted molar refractivity (Wildman–Crippen MR) is 73.4 cm³/mol. The molecule has 0 saturated carbocycles. The third-order valence-electron chi connectivity index (χ3n) is 3.44. The van der Waals surface area contributed by atoms with Crippen molar-refractivity contribution in [2.45, 2.75) is 25.4 Å². The van der Waals surface area contributed by atoms with Gasteiger partial charge in [0.05, 0.1) is 7.11 Å². The quantitative estimate of drug-likeness (QED) is 0.843. The second-order valence-corrected chi connectivity index (χ2v) is 4.73. The molecule has 1 aromatic carbocycles. The van der Waals surface area contributed by atoms with Gasteiger partial charge in [-0.25, -0.2) is 0 Å². The molecule has 5 nitrogen and oxygen atoms in total. The number of aliphatic hydroxyl groups excluding tert-OH is 1. The summed E-state index contributed by atoms with van der Waals surface area (Å²) in [5.41, 5.74) is 0.945. The van der Waals surface area contributed by atoms with Gasteiger partial charge in [-0.2, -0.15) is 0 Å². The van der Waals surface area contributed by atoms with Gasteiger partial charge in [-0.1, -0.05) is 6.07 Å². The number of anilines is 1. The number of benzene rings is 1. The van der Waals surface area contributed by atoms with Crippen LogP contribution in [0.4, 0.5) is 5.69 Å². The number of carbonyl (C=O) groups is 1. The SMILES string of the molecule is COc1cccc(N2C(C)CNC(=O)C2CCO)c1. The smallest absolute Gasteiger partial charge is 0.242 e. The highest BCUT2D eigenvalue weighted by molar-refractivity contribution is 5.87. The molecule has 1 heterocycles. The van der Waals surface area contributed by atoms with E-state index in [9.17, 15) is 4.79 Å². The molecule has 19 heavy (non-hydrogen) atoms. The number of amides is 1. The average Bonchev–Trinajstić information content (AvgIpc) is 2.43. The van der Waals surface area contributed by atoms with Crippen LogP contribution in [-0.4, -0.2) is 43.4 Å². The van der Waals surface area contributed by atoms with Crippen LogP contribution in [0.2, 0.25) is 0 Å². The number of hydrogen-bond donors (Lipinski definition) is 2. The zero-order valence-electron chi connectivity index (χ0n) is 11.3. The van der Waals surface area contributed by atoms with Crippen molar-refractivity contribution in [3.8, 4) is 5.75 Å². The third-order valence-corrected chi connectivity index (χ3v) is 3.44. The lowest BCUT2D eigenvalue weighted by atomic mass is 10.0. The van der Waals surface area contributed by atoms with Gasteiger partial charge in [0.25, 0.3) is 0 Å². The van der Waals surface area contributed by atoms with Gasteiger partial charge >= 0.3 is 0 Å². The Labute approximate surface area is 113 Å². The predicted octanol–water partition coefficient (Wildman–Crippen LogP) is 0.771. The van der Waals surface area contributed by atoms with Crippen molar-refractivity contribution in [3.63, 3.8) is 0 Å². The number of ether oxygens (including phenoxy) is 1. The zero-order valence-corrected chi connectivity index (χ0v) is 11.3. The van der Waals surface area contributed by atoms with Gasteiger partial charge in [0.2, 0.25) is 5.91 Å². The summed E-state index contributed by atoms with van der Waals surface area (Å²) in [6, 6.07) is 7.51. The minimum absolute atomic E-state index is 0.00866. The first-order valence-corrected chi connectivity index (χ1v) is 6.48. The average molecular weight is 264 g/mol. The fourth-order valence-electron chi connectivity index (χ4n) is 2.50. The lowest BCUT2D eigenvalue weighted by Gasteiger charge is -2.41. The van der Waals surface area contributed by atoms with Crippen molar-refractivity contribution in [3.05, 3.63) is 24.3 Å². The molecule has 0 aromatic heterocycles. The standard InChI is InChI=1S/C14H20N2O3/c1-10-9-15-14(18)13(6-7-17)16(10)11-4-3-5-12(8-11)19-2/h3-5,8,10,13,17H,6-7,9H2,1-2H3,(H,15,18). The van der Waals surface area contributed by atoms with Crippen LogP contribution < -0.4 is 15.0 Å². The number of methoxy groups -OCH3 is 1. The number of nitrogens with zero attached hydrogens (tertiary/aromatic N) is 1. The lowest BCUT2D eigenvalue weighted by molar-refractivity contribution is -0.124. The summed E-state index contributed by atoms with van der Waals surface area (Å²) in [6.07, 6.45) is 0.424. The number of aliphatic hydroxyl groups is 1. The Morgan fingerprint density at radius 3 is 3.00 bits per heavy atom. The normalized spacial score (nSPS) is 23.1. The van der Waals surface area contributed by atoms with E-state index >= 15 is 0 Å². The van der Waals surface area contributed by atoms with Crippen molar-refractivity contribution in [1.82, 2.24) is 5.32 Å². The highest BCUT2D eigenvalue weighted by Gasteiger charge is 2.33. The fourth-order valence-corrected chi connectivity index (χ4v) is 2.50. The molecular formula is C14H20N2O3. The highest BCUT2D eigenvalue weighted by atomic mass is 16.5. The molecule has 0 radical (unpaired) electrons. The summed E-state index contributed by atoms with van der Waals surface area (Å²) in [5, 5.41) is 12.0. The van der Waals surface area contributed by atoms with Crippen molar-refractivity contribution < 1.29 is 14.6 Å². The molecule has 1 amide bonds. The van der Waals surface area contributed by atoms with Crippen molar-refractivity contribution >= 4 is 11.6 Å². The molecular weight excluding hydrogens is 244 g/mol. The Kier molecular flexibility index (Phi) is 4.27. The van der Waals surface area contributed by atoms with E-state index in [1.165, 1.54) is 0 Å². The Balaban J connectivity index is 2.33. The summed E-state index contributed by atoms with van der Waals surface area (Å²) in [5.74, 6) is 0.730. The van der Waals surface area contributed by atoms with Crippen LogP contribution in [0.15, 0.2) is 24.3 Å². The molecule has 1 aromatic rings. The monoisotopic (exact) mass is 264 g/mol. The number of rotatable bonds is 4. The molecule has 1 aliphatic rings. The molecule has 2 rings (SSSR count). The maximum Gasteiger partial charge on any atom is 0.242 e. The molecule has 2 N–H and O–H groups in total. The molecule has 1 fully saturated rings. The van der Waals surface area contributed by atoms with E-state index in [1.54, 1.807) is 7.11 Å². The van der Waals surface area contributed by atoms with E-state index in [-0.39, 0.29) is 24.6 Å². The summed E-state index contributed by atoms with van der Waals surface area (Å²) >= 11 is 0. The largest absolute Gasteiger partial charge is 0.497 e. The molecule has 104 valence electrons. The maximum absolute atomic E-state index is 12.0. The minimum atomic E-state index is -0.333. The van der Waals surface area contributed by atoms with Gasteiger partial charge in [-0.15, -0.1) is 0 Å². The van der Waals surface area contributed by atoms with Crippen molar-refractivity contribution in [2.75, 3.05) is 25.2 Å². The first-order chi connectivity index (χ1) is 9.17. The van der Waals surface area contributed by atoms with Crippen LogP contribution in [0.25, 0.3) is 0 Å². The van der Waals surface area contributed by atoms with Gasteiger partial charge < -0.3 is 20.1 Å². The lowest BCUT2D eigenvalue weighted by Crippen LogP contribution is -2.60. The first kappa shape index (κ1) is 13.7. The first-order valence-electron chi connectivity index (χ1n) is 6.48. The molecule has 2 unspecified atom stereocenters. The van der Waals surface area contributed by atoms with Crippen LogP contribution in [-0.2, 0) is 4.79 Å². The van der Waals surface area contributed by atoms with Gasteiger partial charge in [0.1, 0.15) is 11.8 Å². The summed E-state index contributed by atoms with van der Waals surface area (Å²) < 4.78 is 5.23. The fraction of sp³-hybridized carbons (Fsp3) is 0.500. The molecule has 0 aliphatic carbocycles. The van der Waals surface area contributed by atoms with Crippen LogP contribution in [0, 0.1) is 0 Å². The van der Waals surface area contributed by atoms with Crippen molar-refractivity contribution in [1.29, 1.82) is 0 Å². The van der Waals surface area contributed by atoms with E-state index in [0.717, 1.165) is 11.4 Å². The number of nitrogens with one attached hydrogen (secondary N) is 1. The van der Waals surface area contributed by atoms with E-state index in [2.05, 4.69) is 17.1 Å². The Morgan fingerprint density at radius 1 is 1.53 bits per heavy atom. The second-order valence-electron chi connectivity index (χ2n) is 4.73. The molecule has 2 atom stereocenters. The van der Waals surface area contributed by atoms with Gasteiger partial charge in [0, 0.05) is 30.9 Å². The molecule has 0 spiro atoms. The molecule has 1 aliphatic heterocycles. The Morgan fingerprint density at radius 2 is 2.32 bits per heavy atom. The van der Waals surface area contributed by atoms with Crippen LogP contribution >= 0.6 is 0 Å². The number of piperazine rings is 1. The topological polar surface area (TPSA) is 61.8 Å². The highest BCUT2D eigenvalue weighted by Crippen LogP contribution is 2.27. The van der Waals surface area contributed by atoms with Gasteiger partial charge in [-0.05, 0) is 25.5 Å². The molecule has 0 bridgehead atoms. The number of carbonyl (C=O) groups excluding carboxylic acids is 1. The summed E-state index contributed by atoms with van der Waals surface area (Å²) in [7, 11) is 1.62. The molecule has 1 saturated heterocycles. The second kappa shape index (κ2) is 5.93. The zero-order chi connectivity index (χ0) is 13.8. The van der Waals surface area contributed by atoms with Crippen LogP contribution in [0.1, 0.15) is 13.3 Å². The van der Waals surface area contributed by atoms with Gasteiger partial charge in [0.15, 0.2) is 0 Å². The summed E-state index contributed by atoms with van der Waals surface area (Å²) in [4.78, 5) is 14.0. The Hall–Kier alpha value is -1.75. The number of hydrogen-bond acceptors (Lipinski definition) is 4. The third kappa shape index (κ3) is 2.81. The van der Waals surface area contributed by atoms with E-state index in [1.807, 2.05) is 24.3 Å². The van der Waals surface area contributed by atoms with E-state index < -0.39 is 0 Å². The minimum Gasteiger partial charge on any atom is -0.497 e. The Bertz CT molecular complexity index is 450. The van der Waals surface area contributed by atoms with Gasteiger partial charge in [-0.3, -0.25) is 4.79 Å². The van der Waals surface area contributed by atoms with Crippen LogP contribution in [0.5, 0.6) is 5.75 Å². The van der Waals surface area contributed by atoms with E-state index in [4.69, 9.17) is 9.84 Å². The molecule has 5 heteroatoms. The maximum atomic E-state index is 12.0.